The van der Waals surface area contributed by atoms with Gasteiger partial charge in [-0.3, -0.25) is 15.0 Å². The number of ether oxygens (including phenoxy) is 2. The van der Waals surface area contributed by atoms with Crippen LogP contribution in [0.5, 0.6) is 0 Å². The predicted molar refractivity (Wildman–Crippen MR) is 129 cm³/mol. The molecule has 0 saturated heterocycles. The Bertz CT molecular complexity index is 1220. The van der Waals surface area contributed by atoms with Crippen molar-refractivity contribution in [2.75, 3.05) is 21.3 Å². The number of nitrogens with zero attached hydrogens (tertiary/aromatic N) is 3. The van der Waals surface area contributed by atoms with E-state index in [-0.39, 0.29) is 16.7 Å². The lowest BCUT2D eigenvalue weighted by molar-refractivity contribution is -0.384. The lowest BCUT2D eigenvalue weighted by atomic mass is 10.1. The molecular formula is C22H26N4O6S2. The van der Waals surface area contributed by atoms with Gasteiger partial charge in [0.25, 0.3) is 5.69 Å². The van der Waals surface area contributed by atoms with Gasteiger partial charge in [0, 0.05) is 37.3 Å². The second kappa shape index (κ2) is 11.1. The monoisotopic (exact) mass is 506 g/mol. The molecule has 3 atom stereocenters. The van der Waals surface area contributed by atoms with Crippen LogP contribution in [0.4, 0.5) is 5.69 Å². The van der Waals surface area contributed by atoms with E-state index in [1.807, 2.05) is 6.92 Å². The zero-order chi connectivity index (χ0) is 24.9. The maximum atomic E-state index is 13.2. The molecule has 0 bridgehead atoms. The van der Waals surface area contributed by atoms with Crippen molar-refractivity contribution in [1.29, 1.82) is 0 Å². The Hall–Kier alpha value is -2.74. The molecule has 0 spiro atoms. The van der Waals surface area contributed by atoms with E-state index in [0.717, 1.165) is 0 Å². The molecule has 1 aromatic heterocycles. The molecule has 0 aliphatic rings. The summed E-state index contributed by atoms with van der Waals surface area (Å²) in [4.78, 5) is 17.1. The van der Waals surface area contributed by atoms with Gasteiger partial charge in [-0.25, -0.2) is 13.4 Å². The van der Waals surface area contributed by atoms with Crippen LogP contribution in [-0.4, -0.2) is 56.8 Å². The standard InChI is InChI=1S/C22H26N4O6S2/c1-15(31-3)22(32-4)25(2)20(24-34(29,30)18-11-6-5-7-12-18)21-23-19(14-33-21)16-9-8-10-17(13-16)26(27)28/h5-15,20,22,24H,1-4H3. The lowest BCUT2D eigenvalue weighted by Crippen LogP contribution is -2.49. The zero-order valence-corrected chi connectivity index (χ0v) is 20.7. The minimum absolute atomic E-state index is 0.0566. The van der Waals surface area contributed by atoms with E-state index in [1.54, 1.807) is 47.7 Å². The molecule has 12 heteroatoms. The quantitative estimate of drug-likeness (QED) is 0.238. The maximum Gasteiger partial charge on any atom is 0.270 e. The van der Waals surface area contributed by atoms with Crippen LogP contribution in [0, 0.1) is 10.1 Å². The van der Waals surface area contributed by atoms with E-state index in [0.29, 0.717) is 16.3 Å². The number of hydrogen-bond donors (Lipinski definition) is 1. The molecule has 34 heavy (non-hydrogen) atoms. The highest BCUT2D eigenvalue weighted by Gasteiger charge is 2.33. The Morgan fingerprint density at radius 2 is 1.82 bits per heavy atom. The number of non-ortho nitro benzene ring substituents is 1. The smallest absolute Gasteiger partial charge is 0.270 e. The molecular weight excluding hydrogens is 480 g/mol. The second-order valence-corrected chi connectivity index (χ2v) is 10.1. The molecule has 1 heterocycles. The third-order valence-electron chi connectivity index (χ3n) is 5.25. The molecule has 3 aromatic rings. The fourth-order valence-electron chi connectivity index (χ4n) is 3.40. The first-order chi connectivity index (χ1) is 16.2. The van der Waals surface area contributed by atoms with Crippen LogP contribution >= 0.6 is 11.3 Å². The van der Waals surface area contributed by atoms with Crippen molar-refractivity contribution in [3.63, 3.8) is 0 Å². The fourth-order valence-corrected chi connectivity index (χ4v) is 5.62. The summed E-state index contributed by atoms with van der Waals surface area (Å²) in [6, 6.07) is 14.1. The van der Waals surface area contributed by atoms with Gasteiger partial charge in [-0.05, 0) is 26.1 Å². The summed E-state index contributed by atoms with van der Waals surface area (Å²) >= 11 is 1.23. The van der Waals surface area contributed by atoms with Crippen LogP contribution in [0.25, 0.3) is 11.3 Å². The Balaban J connectivity index is 2.02. The van der Waals surface area contributed by atoms with Crippen molar-refractivity contribution in [1.82, 2.24) is 14.6 Å². The number of hydrogen-bond acceptors (Lipinski definition) is 9. The van der Waals surface area contributed by atoms with Crippen molar-refractivity contribution in [3.05, 3.63) is 75.1 Å². The number of nitrogens with one attached hydrogen (secondary N) is 1. The number of nitro groups is 1. The van der Waals surface area contributed by atoms with Gasteiger partial charge >= 0.3 is 0 Å². The van der Waals surface area contributed by atoms with Crippen LogP contribution in [0.1, 0.15) is 18.1 Å². The third kappa shape index (κ3) is 5.84. The number of methoxy groups -OCH3 is 2. The van der Waals surface area contributed by atoms with E-state index in [9.17, 15) is 18.5 Å². The van der Waals surface area contributed by atoms with Gasteiger partial charge in [-0.1, -0.05) is 30.3 Å². The second-order valence-electron chi connectivity index (χ2n) is 7.45. The fraction of sp³-hybridized carbons (Fsp3) is 0.318. The normalized spacial score (nSPS) is 14.6. The summed E-state index contributed by atoms with van der Waals surface area (Å²) < 4.78 is 40.0. The Labute approximate surface area is 202 Å². The minimum atomic E-state index is -3.91. The zero-order valence-electron chi connectivity index (χ0n) is 19.1. The first-order valence-electron chi connectivity index (χ1n) is 10.2. The molecule has 10 nitrogen and oxygen atoms in total. The molecule has 0 aliphatic carbocycles. The number of aromatic nitrogens is 1. The van der Waals surface area contributed by atoms with Crippen molar-refractivity contribution in [2.45, 2.75) is 30.3 Å². The lowest BCUT2D eigenvalue weighted by Gasteiger charge is -2.35. The summed E-state index contributed by atoms with van der Waals surface area (Å²) in [5.41, 5.74) is 0.992. The Morgan fingerprint density at radius 3 is 2.44 bits per heavy atom. The first kappa shape index (κ1) is 25.9. The summed E-state index contributed by atoms with van der Waals surface area (Å²) in [7, 11) is 0.843. The number of thiazole rings is 1. The summed E-state index contributed by atoms with van der Waals surface area (Å²) in [5, 5.41) is 13.3. The molecule has 182 valence electrons. The van der Waals surface area contributed by atoms with Crippen LogP contribution in [0.2, 0.25) is 0 Å². The van der Waals surface area contributed by atoms with E-state index in [4.69, 9.17) is 9.47 Å². The average molecular weight is 507 g/mol. The number of likely N-dealkylation sites (N-methyl/N-ethyl adjacent to an activating group) is 1. The van der Waals surface area contributed by atoms with E-state index in [1.165, 1.54) is 49.8 Å². The van der Waals surface area contributed by atoms with E-state index in [2.05, 4.69) is 9.71 Å². The van der Waals surface area contributed by atoms with Gasteiger partial charge in [0.05, 0.1) is 21.6 Å². The number of benzene rings is 2. The molecule has 1 N–H and O–H groups in total. The largest absolute Gasteiger partial charge is 0.378 e. The molecule has 3 rings (SSSR count). The van der Waals surface area contributed by atoms with Crippen LogP contribution in [0.15, 0.2) is 64.9 Å². The van der Waals surface area contributed by atoms with Gasteiger partial charge in [-0.2, -0.15) is 4.72 Å². The summed E-state index contributed by atoms with van der Waals surface area (Å²) in [5.74, 6) is 0. The maximum absolute atomic E-state index is 13.2. The highest BCUT2D eigenvalue weighted by molar-refractivity contribution is 7.89. The summed E-state index contributed by atoms with van der Waals surface area (Å²) in [6.07, 6.45) is -1.88. The average Bonchev–Trinajstić information content (AvgIpc) is 3.33. The van der Waals surface area contributed by atoms with Crippen LogP contribution in [-0.2, 0) is 19.5 Å². The van der Waals surface area contributed by atoms with Crippen LogP contribution < -0.4 is 4.72 Å². The van der Waals surface area contributed by atoms with Gasteiger partial charge < -0.3 is 9.47 Å². The third-order valence-corrected chi connectivity index (χ3v) is 7.58. The number of sulfonamides is 1. The van der Waals surface area contributed by atoms with Crippen LogP contribution in [0.3, 0.4) is 0 Å². The number of rotatable bonds is 11. The predicted octanol–water partition coefficient (Wildman–Crippen LogP) is 3.63. The molecule has 0 fully saturated rings. The van der Waals surface area contributed by atoms with Crippen molar-refractivity contribution >= 4 is 27.0 Å². The molecule has 0 aliphatic heterocycles. The van der Waals surface area contributed by atoms with Gasteiger partial charge in [0.15, 0.2) is 0 Å². The van der Waals surface area contributed by atoms with Crippen molar-refractivity contribution < 1.29 is 22.8 Å². The molecule has 2 aromatic carbocycles. The first-order valence-corrected chi connectivity index (χ1v) is 12.6. The molecule has 3 unspecified atom stereocenters. The molecule has 0 saturated carbocycles. The molecule has 0 amide bonds. The summed E-state index contributed by atoms with van der Waals surface area (Å²) in [6.45, 7) is 1.81. The van der Waals surface area contributed by atoms with Gasteiger partial charge in [-0.15, -0.1) is 11.3 Å². The van der Waals surface area contributed by atoms with E-state index >= 15 is 0 Å². The topological polar surface area (TPSA) is 124 Å². The number of nitro benzene ring substituents is 1. The van der Waals surface area contributed by atoms with Crippen molar-refractivity contribution in [3.8, 4) is 11.3 Å². The molecule has 0 radical (unpaired) electrons. The van der Waals surface area contributed by atoms with Gasteiger partial charge in [0.2, 0.25) is 10.0 Å². The SMILES string of the molecule is COC(C)C(OC)N(C)C(NS(=O)(=O)c1ccccc1)c1nc(-c2cccc([N+](=O)[O-])c2)cs1. The Morgan fingerprint density at radius 1 is 1.12 bits per heavy atom. The van der Waals surface area contributed by atoms with Crippen molar-refractivity contribution in [2.24, 2.45) is 0 Å². The van der Waals surface area contributed by atoms with E-state index < -0.39 is 27.3 Å². The highest BCUT2D eigenvalue weighted by atomic mass is 32.2. The highest BCUT2D eigenvalue weighted by Crippen LogP contribution is 2.31. The minimum Gasteiger partial charge on any atom is -0.378 e. The Kier molecular flexibility index (Phi) is 8.47. The van der Waals surface area contributed by atoms with Gasteiger partial charge in [0.1, 0.15) is 17.4 Å².